The number of carbonyl (C=O) groups is 4. The Bertz CT molecular complexity index is 1530. The minimum atomic E-state index is -1.66. The molecular formula is C35H46O13. The van der Waals surface area contributed by atoms with Crippen LogP contribution in [0.3, 0.4) is 0 Å². The number of hydrogen-bond acceptors (Lipinski definition) is 13. The summed E-state index contributed by atoms with van der Waals surface area (Å²) >= 11 is 0. The van der Waals surface area contributed by atoms with Gasteiger partial charge in [-0.05, 0) is 43.7 Å². The molecule has 2 bridgehead atoms. The number of carbonyl (C=O) groups excluding carboxylic acids is 4. The molecule has 0 aromatic carbocycles. The molecule has 7 rings (SSSR count). The van der Waals surface area contributed by atoms with Gasteiger partial charge in [-0.1, -0.05) is 27.7 Å². The van der Waals surface area contributed by atoms with Crippen LogP contribution in [-0.2, 0) is 42.9 Å². The fourth-order valence-corrected chi connectivity index (χ4v) is 11.6. The SMILES string of the molecule is CC[C@@H](C)C(=O)O[C@H]1OC[C@@]23C4C(=O)[C@@H](O)[C@]5(C)[C@H](c6ccoc6)C[C@H]6O[C@@]65[C@@]4(C)[C@H](O)C[C@@H]2[C@@]1(C)[C@H](OC(C)=O)[C@H](OC(C)=O)[C@H]3O. The molecule has 6 aliphatic rings. The molecule has 1 aromatic heterocycles. The highest BCUT2D eigenvalue weighted by Gasteiger charge is 2.92. The lowest BCUT2D eigenvalue weighted by Crippen LogP contribution is -2.84. The lowest BCUT2D eigenvalue weighted by Gasteiger charge is -2.73. The van der Waals surface area contributed by atoms with Gasteiger partial charge in [-0.3, -0.25) is 19.2 Å². The van der Waals surface area contributed by atoms with Crippen molar-refractivity contribution in [1.29, 1.82) is 0 Å². The van der Waals surface area contributed by atoms with Crippen LogP contribution in [0.15, 0.2) is 23.0 Å². The lowest BCUT2D eigenvalue weighted by atomic mass is 9.33. The van der Waals surface area contributed by atoms with Gasteiger partial charge >= 0.3 is 17.9 Å². The maximum atomic E-state index is 15.0. The first-order chi connectivity index (χ1) is 22.5. The van der Waals surface area contributed by atoms with E-state index in [0.717, 1.165) is 12.5 Å². The highest BCUT2D eigenvalue weighted by atomic mass is 16.7. The van der Waals surface area contributed by atoms with Gasteiger partial charge in [-0.15, -0.1) is 0 Å². The Morgan fingerprint density at radius 3 is 2.31 bits per heavy atom. The normalized spacial score (nSPS) is 50.6. The number of ether oxygens (including phenoxy) is 5. The van der Waals surface area contributed by atoms with Crippen LogP contribution >= 0.6 is 0 Å². The quantitative estimate of drug-likeness (QED) is 0.226. The Morgan fingerprint density at radius 1 is 1.02 bits per heavy atom. The molecule has 1 aromatic rings. The number of furan rings is 1. The van der Waals surface area contributed by atoms with Crippen LogP contribution in [0.2, 0.25) is 0 Å². The number of fused-ring (bicyclic) bond motifs is 1. The van der Waals surface area contributed by atoms with Gasteiger partial charge in [0.05, 0.1) is 42.7 Å². The molecule has 13 heteroatoms. The van der Waals surface area contributed by atoms with Gasteiger partial charge < -0.3 is 43.4 Å². The minimum Gasteiger partial charge on any atom is -0.472 e. The number of rotatable bonds is 6. The first-order valence-corrected chi connectivity index (χ1v) is 16.9. The Morgan fingerprint density at radius 2 is 1.71 bits per heavy atom. The molecule has 4 aliphatic carbocycles. The third-order valence-electron chi connectivity index (χ3n) is 13.9. The molecule has 2 saturated heterocycles. The second-order valence-electron chi connectivity index (χ2n) is 15.7. The summed E-state index contributed by atoms with van der Waals surface area (Å²) in [5, 5.41) is 37.2. The van der Waals surface area contributed by atoms with Gasteiger partial charge in [0.25, 0.3) is 0 Å². The molecule has 1 unspecified atom stereocenters. The molecule has 4 saturated carbocycles. The summed E-state index contributed by atoms with van der Waals surface area (Å²) in [5.41, 5.74) is -6.04. The van der Waals surface area contributed by atoms with Crippen molar-refractivity contribution in [2.45, 2.75) is 122 Å². The number of ketones is 1. The molecule has 16 atom stereocenters. The minimum absolute atomic E-state index is 0.0283. The van der Waals surface area contributed by atoms with Crippen molar-refractivity contribution in [1.82, 2.24) is 0 Å². The highest BCUT2D eigenvalue weighted by Crippen LogP contribution is 2.82. The molecule has 3 heterocycles. The van der Waals surface area contributed by atoms with Crippen LogP contribution < -0.4 is 0 Å². The van der Waals surface area contributed by atoms with Gasteiger partial charge in [0.2, 0.25) is 6.29 Å². The third kappa shape index (κ3) is 3.74. The van der Waals surface area contributed by atoms with E-state index in [9.17, 15) is 29.7 Å². The van der Waals surface area contributed by atoms with Crippen molar-refractivity contribution in [3.05, 3.63) is 24.2 Å². The van der Waals surface area contributed by atoms with Gasteiger partial charge in [0.1, 0.15) is 17.8 Å². The second kappa shape index (κ2) is 10.6. The number of Topliss-reactive ketones (excluding diaryl/α,β-unsaturated/α-hetero) is 1. The Kier molecular flexibility index (Phi) is 7.42. The van der Waals surface area contributed by atoms with E-state index in [1.165, 1.54) is 13.2 Å². The summed E-state index contributed by atoms with van der Waals surface area (Å²) in [6, 6.07) is 1.80. The Labute approximate surface area is 278 Å². The highest BCUT2D eigenvalue weighted by molar-refractivity contribution is 5.91. The topological polar surface area (TPSA) is 192 Å². The number of aliphatic hydroxyl groups is 3. The van der Waals surface area contributed by atoms with Crippen molar-refractivity contribution in [3.63, 3.8) is 0 Å². The first-order valence-electron chi connectivity index (χ1n) is 16.9. The Hall–Kier alpha value is -2.84. The van der Waals surface area contributed by atoms with E-state index in [1.807, 2.05) is 13.8 Å². The van der Waals surface area contributed by atoms with Crippen LogP contribution in [0.5, 0.6) is 0 Å². The van der Waals surface area contributed by atoms with Crippen molar-refractivity contribution in [2.24, 2.45) is 39.4 Å². The molecule has 264 valence electrons. The third-order valence-corrected chi connectivity index (χ3v) is 13.9. The van der Waals surface area contributed by atoms with E-state index in [-0.39, 0.29) is 18.9 Å². The molecule has 48 heavy (non-hydrogen) atoms. The fraction of sp³-hybridized carbons (Fsp3) is 0.771. The molecule has 2 aliphatic heterocycles. The van der Waals surface area contributed by atoms with Gasteiger partial charge in [0.15, 0.2) is 18.0 Å². The molecule has 0 radical (unpaired) electrons. The molecule has 1 spiro atoms. The van der Waals surface area contributed by atoms with Gasteiger partial charge in [0, 0.05) is 41.9 Å². The molecule has 0 amide bonds. The van der Waals surface area contributed by atoms with Gasteiger partial charge in [-0.2, -0.15) is 0 Å². The zero-order valence-electron chi connectivity index (χ0n) is 28.3. The zero-order chi connectivity index (χ0) is 34.9. The Balaban J connectivity index is 1.42. The van der Waals surface area contributed by atoms with Crippen molar-refractivity contribution < 1.29 is 62.6 Å². The van der Waals surface area contributed by atoms with E-state index < -0.39 is 112 Å². The van der Waals surface area contributed by atoms with Crippen LogP contribution in [0.4, 0.5) is 0 Å². The summed E-state index contributed by atoms with van der Waals surface area (Å²) in [4.78, 5) is 53.5. The van der Waals surface area contributed by atoms with Crippen molar-refractivity contribution in [3.8, 4) is 0 Å². The van der Waals surface area contributed by atoms with E-state index in [0.29, 0.717) is 12.8 Å². The predicted molar refractivity (Wildman–Crippen MR) is 161 cm³/mol. The van der Waals surface area contributed by atoms with Crippen molar-refractivity contribution in [2.75, 3.05) is 6.61 Å². The summed E-state index contributed by atoms with van der Waals surface area (Å²) in [6.07, 6.45) is -5.09. The van der Waals surface area contributed by atoms with Crippen LogP contribution in [0, 0.1) is 39.4 Å². The van der Waals surface area contributed by atoms with Crippen molar-refractivity contribution >= 4 is 23.7 Å². The van der Waals surface area contributed by atoms with E-state index >= 15 is 4.79 Å². The van der Waals surface area contributed by atoms with Crippen LogP contribution in [0.1, 0.15) is 79.2 Å². The number of esters is 3. The summed E-state index contributed by atoms with van der Waals surface area (Å²) in [6.45, 7) is 10.8. The fourth-order valence-electron chi connectivity index (χ4n) is 11.6. The predicted octanol–water partition coefficient (Wildman–Crippen LogP) is 2.03. The molecule has 13 nitrogen and oxygen atoms in total. The molecule has 6 fully saturated rings. The summed E-state index contributed by atoms with van der Waals surface area (Å²) < 4.78 is 35.9. The summed E-state index contributed by atoms with van der Waals surface area (Å²) in [7, 11) is 0. The maximum absolute atomic E-state index is 15.0. The summed E-state index contributed by atoms with van der Waals surface area (Å²) in [5.74, 6) is -5.68. The maximum Gasteiger partial charge on any atom is 0.310 e. The van der Waals surface area contributed by atoms with E-state index in [1.54, 1.807) is 33.1 Å². The van der Waals surface area contributed by atoms with E-state index in [4.69, 9.17) is 28.1 Å². The van der Waals surface area contributed by atoms with E-state index in [2.05, 4.69) is 0 Å². The number of epoxide rings is 1. The average Bonchev–Trinajstić information content (AvgIpc) is 3.39. The number of hydrogen-bond donors (Lipinski definition) is 3. The van der Waals surface area contributed by atoms with Gasteiger partial charge in [-0.25, -0.2) is 0 Å². The first kappa shape index (κ1) is 33.6. The molecular weight excluding hydrogens is 628 g/mol. The molecule has 3 N–H and O–H groups in total. The average molecular weight is 675 g/mol. The monoisotopic (exact) mass is 674 g/mol. The standard InChI is InChI=1S/C35H46O13/c1-8-15(2)29(42)47-30-31(5)20-12-21(38)33(7)25(34(20,14-44-30)27(41)24(45-16(3)36)28(31)46-17(4)37)23(39)26(40)32(6)19(18-9-10-43-13-18)11-22-35(32,33)48-22/h9-10,13,15,19-22,24-28,30,38,40-41H,8,11-12,14H2,1-7H3/t15-,19+,20-,21-,22-,24-,25?,26-,27-,28-,30-,31+,32+,33+,34+,35+/m1/s1. The van der Waals surface area contributed by atoms with Crippen LogP contribution in [0.25, 0.3) is 0 Å². The zero-order valence-corrected chi connectivity index (χ0v) is 28.3. The second-order valence-corrected chi connectivity index (χ2v) is 15.7. The smallest absolute Gasteiger partial charge is 0.310 e. The lowest BCUT2D eigenvalue weighted by molar-refractivity contribution is -0.391. The largest absolute Gasteiger partial charge is 0.472 e. The number of aliphatic hydroxyl groups excluding tert-OH is 3. The van der Waals surface area contributed by atoms with Crippen LogP contribution in [-0.4, -0.2) is 94.1 Å².